The zero-order valence-corrected chi connectivity index (χ0v) is 12.8. The first-order chi connectivity index (χ1) is 11.1. The largest absolute Gasteiger partial charge is 0.350 e. The Labute approximate surface area is 133 Å². The number of rotatable bonds is 4. The molecule has 2 unspecified atom stereocenters. The number of benzene rings is 1. The van der Waals surface area contributed by atoms with E-state index in [4.69, 9.17) is 0 Å². The van der Waals surface area contributed by atoms with E-state index in [1.165, 1.54) is 12.1 Å². The number of carbonyl (C=O) groups excluding carboxylic acids is 3. The van der Waals surface area contributed by atoms with Gasteiger partial charge in [0.25, 0.3) is 0 Å². The van der Waals surface area contributed by atoms with Gasteiger partial charge in [-0.15, -0.1) is 0 Å². The molecule has 0 aromatic heterocycles. The molecule has 1 N–H and O–H groups in total. The molecule has 1 saturated carbocycles. The van der Waals surface area contributed by atoms with E-state index in [2.05, 4.69) is 5.32 Å². The topological polar surface area (TPSA) is 66.5 Å². The summed E-state index contributed by atoms with van der Waals surface area (Å²) in [7, 11) is 0. The van der Waals surface area contributed by atoms with Crippen molar-refractivity contribution < 1.29 is 18.8 Å². The van der Waals surface area contributed by atoms with Gasteiger partial charge in [0.2, 0.25) is 17.7 Å². The quantitative estimate of drug-likeness (QED) is 0.858. The lowest BCUT2D eigenvalue weighted by molar-refractivity contribution is -0.143. The monoisotopic (exact) mass is 318 g/mol. The van der Waals surface area contributed by atoms with Crippen LogP contribution < -0.4 is 5.32 Å². The average molecular weight is 318 g/mol. The zero-order valence-electron chi connectivity index (χ0n) is 12.8. The minimum absolute atomic E-state index is 0.166. The van der Waals surface area contributed by atoms with Gasteiger partial charge in [0, 0.05) is 6.54 Å². The Morgan fingerprint density at radius 1 is 1.17 bits per heavy atom. The van der Waals surface area contributed by atoms with Crippen LogP contribution in [0.2, 0.25) is 0 Å². The van der Waals surface area contributed by atoms with Gasteiger partial charge >= 0.3 is 0 Å². The third-order valence-electron chi connectivity index (χ3n) is 4.61. The summed E-state index contributed by atoms with van der Waals surface area (Å²) < 4.78 is 13.1. The van der Waals surface area contributed by atoms with Crippen LogP contribution in [0.25, 0.3) is 0 Å². The molecule has 1 heterocycles. The Morgan fingerprint density at radius 2 is 1.83 bits per heavy atom. The Balaban J connectivity index is 1.57. The summed E-state index contributed by atoms with van der Waals surface area (Å²) >= 11 is 0. The van der Waals surface area contributed by atoms with Gasteiger partial charge < -0.3 is 5.32 Å². The molecule has 1 aromatic carbocycles. The molecule has 2 atom stereocenters. The summed E-state index contributed by atoms with van der Waals surface area (Å²) in [6, 6.07) is 5.93. The van der Waals surface area contributed by atoms with Crippen molar-refractivity contribution in [2.75, 3.05) is 6.54 Å². The first-order valence-electron chi connectivity index (χ1n) is 7.92. The SMILES string of the molecule is O=C(CN1C(=O)C2CCCCC2C1=O)NCc1cccc(F)c1. The van der Waals surface area contributed by atoms with Crippen LogP contribution in [0.15, 0.2) is 24.3 Å². The highest BCUT2D eigenvalue weighted by Gasteiger charge is 2.48. The van der Waals surface area contributed by atoms with Crippen LogP contribution >= 0.6 is 0 Å². The molecule has 0 radical (unpaired) electrons. The highest BCUT2D eigenvalue weighted by Crippen LogP contribution is 2.37. The van der Waals surface area contributed by atoms with Crippen molar-refractivity contribution in [3.63, 3.8) is 0 Å². The fourth-order valence-corrected chi connectivity index (χ4v) is 3.43. The first kappa shape index (κ1) is 15.6. The second-order valence-electron chi connectivity index (χ2n) is 6.17. The molecule has 1 aromatic rings. The lowest BCUT2D eigenvalue weighted by Gasteiger charge is -2.19. The van der Waals surface area contributed by atoms with E-state index in [9.17, 15) is 18.8 Å². The number of amides is 3. The number of hydrogen-bond acceptors (Lipinski definition) is 3. The van der Waals surface area contributed by atoms with E-state index in [0.717, 1.165) is 30.6 Å². The maximum Gasteiger partial charge on any atom is 0.240 e. The van der Waals surface area contributed by atoms with E-state index >= 15 is 0 Å². The Morgan fingerprint density at radius 3 is 2.43 bits per heavy atom. The predicted molar refractivity (Wildman–Crippen MR) is 80.4 cm³/mol. The van der Waals surface area contributed by atoms with Crippen molar-refractivity contribution in [3.8, 4) is 0 Å². The van der Waals surface area contributed by atoms with Gasteiger partial charge in [-0.25, -0.2) is 4.39 Å². The Bertz CT molecular complexity index is 622. The summed E-state index contributed by atoms with van der Waals surface area (Å²) in [6.45, 7) is -0.0837. The van der Waals surface area contributed by atoms with Gasteiger partial charge in [-0.3, -0.25) is 19.3 Å². The second-order valence-corrected chi connectivity index (χ2v) is 6.17. The second kappa shape index (κ2) is 6.48. The summed E-state index contributed by atoms with van der Waals surface area (Å²) in [5, 5.41) is 2.62. The molecule has 1 saturated heterocycles. The van der Waals surface area contributed by atoms with Crippen molar-refractivity contribution in [2.24, 2.45) is 11.8 Å². The Kier molecular flexibility index (Phi) is 4.41. The van der Waals surface area contributed by atoms with Crippen molar-refractivity contribution in [1.29, 1.82) is 0 Å². The molecule has 3 amide bonds. The number of carbonyl (C=O) groups is 3. The van der Waals surface area contributed by atoms with Crippen LogP contribution in [0.1, 0.15) is 31.2 Å². The third kappa shape index (κ3) is 3.25. The van der Waals surface area contributed by atoms with Gasteiger partial charge in [-0.05, 0) is 30.5 Å². The number of fused-ring (bicyclic) bond motifs is 1. The zero-order chi connectivity index (χ0) is 16.4. The lowest BCUT2D eigenvalue weighted by atomic mass is 9.81. The van der Waals surface area contributed by atoms with E-state index in [1.807, 2.05) is 0 Å². The molecule has 23 heavy (non-hydrogen) atoms. The van der Waals surface area contributed by atoms with Gasteiger partial charge in [-0.2, -0.15) is 0 Å². The first-order valence-corrected chi connectivity index (χ1v) is 7.92. The van der Waals surface area contributed by atoms with Crippen LogP contribution in [-0.2, 0) is 20.9 Å². The van der Waals surface area contributed by atoms with Crippen molar-refractivity contribution in [2.45, 2.75) is 32.2 Å². The number of imide groups is 1. The van der Waals surface area contributed by atoms with Crippen LogP contribution in [0.3, 0.4) is 0 Å². The molecule has 5 nitrogen and oxygen atoms in total. The number of likely N-dealkylation sites (tertiary alicyclic amines) is 1. The van der Waals surface area contributed by atoms with Crippen molar-refractivity contribution in [3.05, 3.63) is 35.6 Å². The number of hydrogen-bond donors (Lipinski definition) is 1. The summed E-state index contributed by atoms with van der Waals surface area (Å²) in [4.78, 5) is 37.6. The number of nitrogens with zero attached hydrogens (tertiary/aromatic N) is 1. The fraction of sp³-hybridized carbons (Fsp3) is 0.471. The molecule has 2 fully saturated rings. The molecule has 0 spiro atoms. The smallest absolute Gasteiger partial charge is 0.240 e. The maximum absolute atomic E-state index is 13.1. The molecule has 1 aliphatic heterocycles. The lowest BCUT2D eigenvalue weighted by Crippen LogP contribution is -2.40. The average Bonchev–Trinajstić information content (AvgIpc) is 2.79. The van der Waals surface area contributed by atoms with Gasteiger partial charge in [0.15, 0.2) is 0 Å². The molecule has 3 rings (SSSR count). The molecule has 2 aliphatic rings. The summed E-state index contributed by atoms with van der Waals surface area (Å²) in [5.74, 6) is -1.71. The van der Waals surface area contributed by atoms with Gasteiger partial charge in [0.1, 0.15) is 12.4 Å². The highest BCUT2D eigenvalue weighted by atomic mass is 19.1. The molecule has 122 valence electrons. The minimum Gasteiger partial charge on any atom is -0.350 e. The predicted octanol–water partition coefficient (Wildman–Crippen LogP) is 1.62. The van der Waals surface area contributed by atoms with E-state index in [1.54, 1.807) is 12.1 Å². The van der Waals surface area contributed by atoms with Crippen LogP contribution in [0.4, 0.5) is 4.39 Å². The summed E-state index contributed by atoms with van der Waals surface area (Å²) in [5.41, 5.74) is 0.631. The van der Waals surface area contributed by atoms with Gasteiger partial charge in [0.05, 0.1) is 11.8 Å². The third-order valence-corrected chi connectivity index (χ3v) is 4.61. The van der Waals surface area contributed by atoms with E-state index in [0.29, 0.717) is 5.56 Å². The van der Waals surface area contributed by atoms with Crippen LogP contribution in [0, 0.1) is 17.7 Å². The number of halogens is 1. The molecular formula is C17H19FN2O3. The highest BCUT2D eigenvalue weighted by molar-refractivity contribution is 6.07. The van der Waals surface area contributed by atoms with E-state index in [-0.39, 0.29) is 42.6 Å². The van der Waals surface area contributed by atoms with Crippen LogP contribution in [0.5, 0.6) is 0 Å². The van der Waals surface area contributed by atoms with Crippen LogP contribution in [-0.4, -0.2) is 29.2 Å². The fourth-order valence-electron chi connectivity index (χ4n) is 3.43. The molecular weight excluding hydrogens is 299 g/mol. The maximum atomic E-state index is 13.1. The molecule has 0 bridgehead atoms. The molecule has 6 heteroatoms. The Hall–Kier alpha value is -2.24. The normalized spacial score (nSPS) is 23.8. The number of nitrogens with one attached hydrogen (secondary N) is 1. The van der Waals surface area contributed by atoms with Crippen molar-refractivity contribution in [1.82, 2.24) is 10.2 Å². The van der Waals surface area contributed by atoms with Crippen molar-refractivity contribution >= 4 is 17.7 Å². The minimum atomic E-state index is -0.408. The standard InChI is InChI=1S/C17H19FN2O3/c18-12-5-3-4-11(8-12)9-19-15(21)10-20-16(22)13-6-1-2-7-14(13)17(20)23/h3-5,8,13-14H,1-2,6-7,9-10H2,(H,19,21). The summed E-state index contributed by atoms with van der Waals surface area (Å²) in [6.07, 6.45) is 3.38. The van der Waals surface area contributed by atoms with Gasteiger partial charge in [-0.1, -0.05) is 25.0 Å². The molecule has 1 aliphatic carbocycles. The van der Waals surface area contributed by atoms with E-state index < -0.39 is 5.91 Å².